The lowest BCUT2D eigenvalue weighted by Crippen LogP contribution is -2.27. The average Bonchev–Trinajstić information content (AvgIpc) is 2.46. The van der Waals surface area contributed by atoms with Crippen molar-refractivity contribution in [2.45, 2.75) is 55.9 Å². The van der Waals surface area contributed by atoms with E-state index in [0.29, 0.717) is 6.61 Å². The fourth-order valence-electron chi connectivity index (χ4n) is 1.15. The molecule has 21 heavy (non-hydrogen) atoms. The maximum atomic E-state index is 11.6. The Labute approximate surface area is 131 Å². The number of rotatable bonds is 6. The number of carbonyl (C=O) groups is 1. The summed E-state index contributed by atoms with van der Waals surface area (Å²) in [6, 6.07) is 9.48. The molecular weight excluding hydrogens is 264 g/mol. The third kappa shape index (κ3) is 9.94. The van der Waals surface area contributed by atoms with E-state index < -0.39 is 5.41 Å². The Kier molecular flexibility index (Phi) is 15.7. The van der Waals surface area contributed by atoms with E-state index in [1.165, 1.54) is 0 Å². The molecule has 3 nitrogen and oxygen atoms in total. The molecule has 3 heteroatoms. The fourth-order valence-corrected chi connectivity index (χ4v) is 1.15. The monoisotopic (exact) mass is 298 g/mol. The van der Waals surface area contributed by atoms with E-state index in [0.717, 1.165) is 12.2 Å². The zero-order valence-electron chi connectivity index (χ0n) is 12.7. The number of benzene rings is 1. The molecule has 0 aliphatic carbocycles. The van der Waals surface area contributed by atoms with Crippen LogP contribution in [0.15, 0.2) is 30.3 Å². The molecule has 124 valence electrons. The number of hydrogen-bond donors (Lipinski definition) is 0. The van der Waals surface area contributed by atoms with Crippen molar-refractivity contribution < 1.29 is 14.3 Å². The summed E-state index contributed by atoms with van der Waals surface area (Å²) in [5.41, 5.74) is -0.410. The van der Waals surface area contributed by atoms with Crippen LogP contribution in [0.1, 0.15) is 55.9 Å². The molecule has 0 unspecified atom stereocenters. The van der Waals surface area contributed by atoms with Gasteiger partial charge >= 0.3 is 5.97 Å². The highest BCUT2D eigenvalue weighted by molar-refractivity contribution is 5.75. The normalized spacial score (nSPS) is 9.19. The van der Waals surface area contributed by atoms with Gasteiger partial charge in [0.05, 0.1) is 5.41 Å². The van der Waals surface area contributed by atoms with Crippen LogP contribution in [0.4, 0.5) is 0 Å². The smallest absolute Gasteiger partial charge is 0.311 e. The summed E-state index contributed by atoms with van der Waals surface area (Å²) in [5.74, 6) is 0.620. The van der Waals surface area contributed by atoms with Crippen LogP contribution in [-0.2, 0) is 9.53 Å². The highest BCUT2D eigenvalue weighted by Crippen LogP contribution is 2.21. The zero-order chi connectivity index (χ0) is 14.7. The molecule has 0 bridgehead atoms. The largest absolute Gasteiger partial charge is 0.490 e. The Morgan fingerprint density at radius 3 is 2.05 bits per heavy atom. The quantitative estimate of drug-likeness (QED) is 0.525. The topological polar surface area (TPSA) is 35.5 Å². The average molecular weight is 298 g/mol. The molecule has 0 heterocycles. The minimum absolute atomic E-state index is 0. The first-order valence-electron chi connectivity index (χ1n) is 6.91. The Hall–Kier alpha value is -1.51. The van der Waals surface area contributed by atoms with Crippen molar-refractivity contribution in [1.82, 2.24) is 0 Å². The first-order valence-corrected chi connectivity index (χ1v) is 6.91. The third-order valence-electron chi connectivity index (χ3n) is 2.76. The van der Waals surface area contributed by atoms with Gasteiger partial charge in [-0.25, -0.2) is 0 Å². The molecule has 1 aromatic rings. The van der Waals surface area contributed by atoms with E-state index in [4.69, 9.17) is 9.47 Å². The lowest BCUT2D eigenvalue weighted by Gasteiger charge is -2.20. The van der Waals surface area contributed by atoms with Crippen LogP contribution in [-0.4, -0.2) is 19.2 Å². The molecule has 0 saturated heterocycles. The highest BCUT2D eigenvalue weighted by Gasteiger charge is 2.26. The molecule has 0 spiro atoms. The molecule has 0 aromatic heterocycles. The highest BCUT2D eigenvalue weighted by atomic mass is 16.6. The molecule has 0 N–H and O–H groups in total. The molecule has 0 aliphatic rings. The van der Waals surface area contributed by atoms with Gasteiger partial charge in [0.2, 0.25) is 0 Å². The third-order valence-corrected chi connectivity index (χ3v) is 2.76. The number of para-hydroxylation sites is 1. The summed E-state index contributed by atoms with van der Waals surface area (Å²) in [5, 5.41) is 0. The van der Waals surface area contributed by atoms with Gasteiger partial charge in [-0.05, 0) is 32.4 Å². The fraction of sp³-hybridized carbons (Fsp3) is 0.611. The van der Waals surface area contributed by atoms with Gasteiger partial charge in [-0.3, -0.25) is 4.79 Å². The minimum atomic E-state index is -0.410. The summed E-state index contributed by atoms with van der Waals surface area (Å²) >= 11 is 0. The van der Waals surface area contributed by atoms with Gasteiger partial charge in [-0.1, -0.05) is 53.8 Å². The standard InChI is InChI=1S/C14H20O3.C2H6.2CH4/c1-4-14(2,3)13(15)17-11-10-16-12-8-6-5-7-9-12;1-2;;/h5-9H,4,10-11H2,1-3H3;1-2H3;2*1H4. The number of hydrogen-bond acceptors (Lipinski definition) is 3. The second kappa shape index (κ2) is 13.5. The van der Waals surface area contributed by atoms with Gasteiger partial charge in [0, 0.05) is 0 Å². The van der Waals surface area contributed by atoms with Crippen molar-refractivity contribution >= 4 is 5.97 Å². The second-order valence-corrected chi connectivity index (χ2v) is 4.53. The predicted octanol–water partition coefficient (Wildman–Crippen LogP) is 5.34. The van der Waals surface area contributed by atoms with Crippen molar-refractivity contribution in [1.29, 1.82) is 0 Å². The van der Waals surface area contributed by atoms with Gasteiger partial charge < -0.3 is 9.47 Å². The maximum Gasteiger partial charge on any atom is 0.311 e. The van der Waals surface area contributed by atoms with Crippen molar-refractivity contribution in [3.05, 3.63) is 30.3 Å². The molecule has 0 amide bonds. The summed E-state index contributed by atoms with van der Waals surface area (Å²) in [6.45, 7) is 10.4. The van der Waals surface area contributed by atoms with E-state index in [1.54, 1.807) is 0 Å². The molecule has 1 aromatic carbocycles. The number of esters is 1. The molecule has 1 rings (SSSR count). The molecule has 0 aliphatic heterocycles. The SMILES string of the molecule is C.C.CC.CCC(C)(C)C(=O)OCCOc1ccccc1. The van der Waals surface area contributed by atoms with Gasteiger partial charge in [0.1, 0.15) is 19.0 Å². The van der Waals surface area contributed by atoms with Crippen molar-refractivity contribution in [2.75, 3.05) is 13.2 Å². The van der Waals surface area contributed by atoms with E-state index in [2.05, 4.69) is 0 Å². The molecule has 0 atom stereocenters. The first kappa shape index (κ1) is 24.5. The molecular formula is C18H34O3. The number of ether oxygens (including phenoxy) is 2. The van der Waals surface area contributed by atoms with E-state index in [9.17, 15) is 4.79 Å². The first-order chi connectivity index (χ1) is 9.06. The zero-order valence-corrected chi connectivity index (χ0v) is 12.7. The Morgan fingerprint density at radius 1 is 1.05 bits per heavy atom. The Balaban J connectivity index is -0.000000774. The van der Waals surface area contributed by atoms with Crippen LogP contribution in [0.2, 0.25) is 0 Å². The molecule has 0 radical (unpaired) electrons. The van der Waals surface area contributed by atoms with Gasteiger partial charge in [-0.2, -0.15) is 0 Å². The van der Waals surface area contributed by atoms with Crippen molar-refractivity contribution in [2.24, 2.45) is 5.41 Å². The van der Waals surface area contributed by atoms with Crippen molar-refractivity contribution in [3.8, 4) is 5.75 Å². The minimum Gasteiger partial charge on any atom is -0.490 e. The van der Waals surface area contributed by atoms with E-state index >= 15 is 0 Å². The molecule has 0 fully saturated rings. The summed E-state index contributed by atoms with van der Waals surface area (Å²) in [7, 11) is 0. The van der Waals surface area contributed by atoms with Gasteiger partial charge in [0.25, 0.3) is 0 Å². The summed E-state index contributed by atoms with van der Waals surface area (Å²) in [4.78, 5) is 11.6. The Bertz CT molecular complexity index is 345. The van der Waals surface area contributed by atoms with Gasteiger partial charge in [-0.15, -0.1) is 0 Å². The lowest BCUT2D eigenvalue weighted by atomic mass is 9.91. The summed E-state index contributed by atoms with van der Waals surface area (Å²) < 4.78 is 10.6. The van der Waals surface area contributed by atoms with Gasteiger partial charge in [0.15, 0.2) is 0 Å². The summed E-state index contributed by atoms with van der Waals surface area (Å²) in [6.07, 6.45) is 0.769. The van der Waals surface area contributed by atoms with E-state index in [-0.39, 0.29) is 27.4 Å². The van der Waals surface area contributed by atoms with Crippen LogP contribution >= 0.6 is 0 Å². The molecule has 0 saturated carbocycles. The Morgan fingerprint density at radius 2 is 1.57 bits per heavy atom. The maximum absolute atomic E-state index is 11.6. The lowest BCUT2D eigenvalue weighted by molar-refractivity contribution is -0.154. The van der Waals surface area contributed by atoms with E-state index in [1.807, 2.05) is 65.0 Å². The number of carbonyl (C=O) groups excluding carboxylic acids is 1. The van der Waals surface area contributed by atoms with Crippen LogP contribution in [0.3, 0.4) is 0 Å². The van der Waals surface area contributed by atoms with Crippen LogP contribution in [0.5, 0.6) is 5.75 Å². The van der Waals surface area contributed by atoms with Crippen LogP contribution < -0.4 is 4.74 Å². The predicted molar refractivity (Wildman–Crippen MR) is 91.8 cm³/mol. The van der Waals surface area contributed by atoms with Crippen LogP contribution in [0, 0.1) is 5.41 Å². The second-order valence-electron chi connectivity index (χ2n) is 4.53. The van der Waals surface area contributed by atoms with Crippen LogP contribution in [0.25, 0.3) is 0 Å². The van der Waals surface area contributed by atoms with Crippen molar-refractivity contribution in [3.63, 3.8) is 0 Å².